The maximum absolute atomic E-state index is 12.2. The molecule has 0 atom stereocenters. The van der Waals surface area contributed by atoms with Crippen molar-refractivity contribution in [3.05, 3.63) is 0 Å². The second kappa shape index (κ2) is 19.2. The number of carbonyl (C=O) groups excluding carboxylic acids is 1. The Hall–Kier alpha value is -0.310. The molecule has 0 aromatic rings. The molecule has 1 amide bonds. The predicted molar refractivity (Wildman–Crippen MR) is 178 cm³/mol. The zero-order chi connectivity index (χ0) is 29.1. The zero-order valence-electron chi connectivity index (χ0n) is 27.8. The van der Waals surface area contributed by atoms with Crippen LogP contribution in [0.1, 0.15) is 125 Å². The Labute approximate surface area is 265 Å². The van der Waals surface area contributed by atoms with E-state index in [1.165, 1.54) is 90.1 Å². The highest BCUT2D eigenvalue weighted by Gasteiger charge is 2.39. The molecule has 4 aliphatic rings. The lowest BCUT2D eigenvalue weighted by Gasteiger charge is -2.49. The normalized spacial score (nSPS) is 23.1. The molecule has 4 rings (SSSR count). The molecule has 4 fully saturated rings. The van der Waals surface area contributed by atoms with Crippen LogP contribution < -0.4 is 5.32 Å². The second-order valence-electron chi connectivity index (χ2n) is 14.0. The first-order valence-corrected chi connectivity index (χ1v) is 16.0. The van der Waals surface area contributed by atoms with E-state index >= 15 is 0 Å². The summed E-state index contributed by atoms with van der Waals surface area (Å²) in [5.74, 6) is 0. The van der Waals surface area contributed by atoms with Gasteiger partial charge in [-0.15, -0.1) is 24.8 Å². The van der Waals surface area contributed by atoms with Crippen LogP contribution in [0.15, 0.2) is 0 Å². The first-order valence-electron chi connectivity index (χ1n) is 16.0. The van der Waals surface area contributed by atoms with Crippen molar-refractivity contribution in [1.82, 2.24) is 20.0 Å². The lowest BCUT2D eigenvalue weighted by atomic mass is 9.84. The number of likely N-dealkylation sites (tertiary alicyclic amines) is 1. The van der Waals surface area contributed by atoms with Crippen molar-refractivity contribution in [2.24, 2.45) is 0 Å². The third kappa shape index (κ3) is 12.7. The molecule has 2 aliphatic carbocycles. The molecule has 2 saturated carbocycles. The fourth-order valence-electron chi connectivity index (χ4n) is 6.99. The summed E-state index contributed by atoms with van der Waals surface area (Å²) in [5.41, 5.74) is 0.282. The van der Waals surface area contributed by atoms with E-state index in [0.29, 0.717) is 5.54 Å². The van der Waals surface area contributed by atoms with E-state index in [1.807, 2.05) is 25.7 Å². The SMILES string of the molecule is CN(C1CCCCC1)C1(C)CCN(C(=O)OC(C)(C)C)CC1.CN(C1CCCCC1)C1(C)CCNCC1.CO.Cl.Cl. The van der Waals surface area contributed by atoms with Gasteiger partial charge in [0.05, 0.1) is 0 Å². The van der Waals surface area contributed by atoms with E-state index in [4.69, 9.17) is 9.84 Å². The summed E-state index contributed by atoms with van der Waals surface area (Å²) in [6.07, 6.45) is 18.6. The molecular formula is C32H66Cl2N4O3. The molecule has 0 spiro atoms. The van der Waals surface area contributed by atoms with Crippen LogP contribution in [0.25, 0.3) is 0 Å². The van der Waals surface area contributed by atoms with Gasteiger partial charge in [-0.3, -0.25) is 9.80 Å². The van der Waals surface area contributed by atoms with Crippen molar-refractivity contribution in [2.45, 2.75) is 153 Å². The van der Waals surface area contributed by atoms with E-state index in [1.54, 1.807) is 0 Å². The van der Waals surface area contributed by atoms with Crippen LogP contribution in [0.5, 0.6) is 0 Å². The fourth-order valence-corrected chi connectivity index (χ4v) is 6.99. The average molecular weight is 626 g/mol. The number of nitrogens with one attached hydrogen (secondary N) is 1. The van der Waals surface area contributed by atoms with Gasteiger partial charge in [0.15, 0.2) is 0 Å². The number of aliphatic hydroxyl groups excluding tert-OH is 1. The number of piperidine rings is 2. The first-order chi connectivity index (χ1) is 18.4. The van der Waals surface area contributed by atoms with Gasteiger partial charge in [-0.25, -0.2) is 4.79 Å². The van der Waals surface area contributed by atoms with Crippen LogP contribution in [-0.2, 0) is 4.74 Å². The lowest BCUT2D eigenvalue weighted by molar-refractivity contribution is -0.00996. The maximum Gasteiger partial charge on any atom is 0.410 e. The Kier molecular flexibility index (Phi) is 19.0. The third-order valence-electron chi connectivity index (χ3n) is 10.1. The van der Waals surface area contributed by atoms with Crippen LogP contribution in [0, 0.1) is 0 Å². The number of aliphatic hydroxyl groups is 1. The van der Waals surface area contributed by atoms with Crippen molar-refractivity contribution < 1.29 is 14.6 Å². The molecule has 246 valence electrons. The van der Waals surface area contributed by atoms with Crippen molar-refractivity contribution >= 4 is 30.9 Å². The molecule has 0 aromatic carbocycles. The summed E-state index contributed by atoms with van der Waals surface area (Å²) in [6, 6.07) is 1.59. The molecule has 2 heterocycles. The molecule has 2 N–H and O–H groups in total. The number of amides is 1. The van der Waals surface area contributed by atoms with E-state index in [-0.39, 0.29) is 36.4 Å². The topological polar surface area (TPSA) is 68.3 Å². The van der Waals surface area contributed by atoms with Gasteiger partial charge in [-0.05, 0) is 113 Å². The Balaban J connectivity index is 0.000000741. The van der Waals surface area contributed by atoms with Crippen molar-refractivity contribution in [3.63, 3.8) is 0 Å². The molecule has 41 heavy (non-hydrogen) atoms. The number of carbonyl (C=O) groups is 1. The molecule has 0 radical (unpaired) electrons. The van der Waals surface area contributed by atoms with Gasteiger partial charge in [-0.2, -0.15) is 0 Å². The minimum absolute atomic E-state index is 0. The number of rotatable bonds is 4. The van der Waals surface area contributed by atoms with E-state index in [9.17, 15) is 4.79 Å². The van der Waals surface area contributed by atoms with Gasteiger partial charge in [0.2, 0.25) is 0 Å². The predicted octanol–water partition coefficient (Wildman–Crippen LogP) is 6.89. The largest absolute Gasteiger partial charge is 0.444 e. The third-order valence-corrected chi connectivity index (χ3v) is 10.1. The number of nitrogens with zero attached hydrogens (tertiary/aromatic N) is 3. The van der Waals surface area contributed by atoms with Crippen LogP contribution in [0.2, 0.25) is 0 Å². The summed E-state index contributed by atoms with van der Waals surface area (Å²) in [5, 5.41) is 10.5. The molecule has 0 aromatic heterocycles. The van der Waals surface area contributed by atoms with Crippen molar-refractivity contribution in [1.29, 1.82) is 0 Å². The van der Waals surface area contributed by atoms with E-state index in [2.05, 4.69) is 43.1 Å². The maximum atomic E-state index is 12.2. The van der Waals surface area contributed by atoms with Crippen molar-refractivity contribution in [2.75, 3.05) is 47.4 Å². The summed E-state index contributed by atoms with van der Waals surface area (Å²) < 4.78 is 5.50. The summed E-state index contributed by atoms with van der Waals surface area (Å²) in [7, 11) is 5.65. The molecular weight excluding hydrogens is 559 g/mol. The van der Waals surface area contributed by atoms with Crippen molar-refractivity contribution in [3.8, 4) is 0 Å². The van der Waals surface area contributed by atoms with Crippen LogP contribution in [0.3, 0.4) is 0 Å². The highest BCUT2D eigenvalue weighted by atomic mass is 35.5. The minimum atomic E-state index is -0.406. The van der Waals surface area contributed by atoms with Gasteiger partial charge in [0.25, 0.3) is 0 Å². The Morgan fingerprint density at radius 1 is 0.756 bits per heavy atom. The first kappa shape index (κ1) is 40.7. The Bertz CT molecular complexity index is 696. The minimum Gasteiger partial charge on any atom is -0.444 e. The van der Waals surface area contributed by atoms with E-state index < -0.39 is 5.60 Å². The fraction of sp³-hybridized carbons (Fsp3) is 0.969. The van der Waals surface area contributed by atoms with Crippen LogP contribution >= 0.6 is 24.8 Å². The monoisotopic (exact) mass is 624 g/mol. The summed E-state index contributed by atoms with van der Waals surface area (Å²) >= 11 is 0. The standard InChI is InChI=1S/C18H34N2O2.C13H26N2.CH4O.2ClH/c1-17(2,3)22-16(21)20-13-11-18(4,12-14-20)19(5)15-9-7-6-8-10-15;1-13(8-10-14-11-9-13)15(2)12-6-4-3-5-7-12;1-2;;/h15H,6-14H2,1-5H3;12,14H,3-11H2,1-2H3;2H,1H3;2*1H. The number of hydrogen-bond donors (Lipinski definition) is 2. The Morgan fingerprint density at radius 2 is 1.12 bits per heavy atom. The summed E-state index contributed by atoms with van der Waals surface area (Å²) in [4.78, 5) is 19.4. The van der Waals surface area contributed by atoms with Crippen LogP contribution in [0.4, 0.5) is 4.79 Å². The summed E-state index contributed by atoms with van der Waals surface area (Å²) in [6.45, 7) is 14.6. The highest BCUT2D eigenvalue weighted by Crippen LogP contribution is 2.34. The van der Waals surface area contributed by atoms with Gasteiger partial charge in [0.1, 0.15) is 5.60 Å². The molecule has 7 nitrogen and oxygen atoms in total. The molecule has 2 aliphatic heterocycles. The quantitative estimate of drug-likeness (QED) is 0.355. The smallest absolute Gasteiger partial charge is 0.410 e. The van der Waals surface area contributed by atoms with Gasteiger partial charge >= 0.3 is 6.09 Å². The number of hydrogen-bond acceptors (Lipinski definition) is 6. The number of halogens is 2. The Morgan fingerprint density at radius 3 is 1.49 bits per heavy atom. The lowest BCUT2D eigenvalue weighted by Crippen LogP contribution is -2.56. The molecule has 2 saturated heterocycles. The highest BCUT2D eigenvalue weighted by molar-refractivity contribution is 5.85. The van der Waals surface area contributed by atoms with E-state index in [0.717, 1.165) is 45.1 Å². The molecule has 0 bridgehead atoms. The number of ether oxygens (including phenoxy) is 1. The van der Waals surface area contributed by atoms with Gasteiger partial charge in [0, 0.05) is 43.4 Å². The molecule has 9 heteroatoms. The zero-order valence-corrected chi connectivity index (χ0v) is 29.4. The van der Waals surface area contributed by atoms with Gasteiger partial charge in [-0.1, -0.05) is 38.5 Å². The van der Waals surface area contributed by atoms with Gasteiger partial charge < -0.3 is 20.1 Å². The van der Waals surface area contributed by atoms with Crippen LogP contribution in [-0.4, -0.2) is 102 Å². The average Bonchev–Trinajstić information content (AvgIpc) is 2.94. The second-order valence-corrected chi connectivity index (χ2v) is 14.0. The molecule has 0 unspecified atom stereocenters.